The average Bonchev–Trinajstić information content (AvgIpc) is 3.34. The number of hydrogen-bond acceptors (Lipinski definition) is 7. The predicted octanol–water partition coefficient (Wildman–Crippen LogP) is 4.50. The number of nitrogens with one attached hydrogen (secondary N) is 1. The number of ether oxygens (including phenoxy) is 1. The first kappa shape index (κ1) is 33.3. The first-order chi connectivity index (χ1) is 22.4. The van der Waals surface area contributed by atoms with E-state index in [2.05, 4.69) is 15.4 Å². The maximum atomic E-state index is 14.0. The zero-order valence-electron chi connectivity index (χ0n) is 24.7. The number of amides is 1. The summed E-state index contributed by atoms with van der Waals surface area (Å²) in [7, 11) is 3.05. The predicted molar refractivity (Wildman–Crippen MR) is 170 cm³/mol. The van der Waals surface area contributed by atoms with Crippen LogP contribution in [0.5, 0.6) is 11.6 Å². The van der Waals surface area contributed by atoms with E-state index in [9.17, 15) is 37.3 Å². The summed E-state index contributed by atoms with van der Waals surface area (Å²) in [6, 6.07) is 12.0. The van der Waals surface area contributed by atoms with Crippen LogP contribution in [0.4, 0.5) is 19.4 Å². The van der Waals surface area contributed by atoms with E-state index in [0.717, 1.165) is 32.6 Å². The van der Waals surface area contributed by atoms with Gasteiger partial charge in [-0.2, -0.15) is 10.1 Å². The molecule has 2 aromatic heterocycles. The van der Waals surface area contributed by atoms with E-state index in [1.165, 1.54) is 31.0 Å². The third-order valence-corrected chi connectivity index (χ3v) is 8.28. The number of fused-ring (bicyclic) bond motifs is 1. The summed E-state index contributed by atoms with van der Waals surface area (Å²) in [5, 5.41) is 26.9. The van der Waals surface area contributed by atoms with Gasteiger partial charge in [0.2, 0.25) is 5.88 Å². The van der Waals surface area contributed by atoms with Gasteiger partial charge in [0, 0.05) is 26.1 Å². The molecule has 0 saturated heterocycles. The molecule has 0 fully saturated rings. The molecule has 0 aliphatic carbocycles. The van der Waals surface area contributed by atoms with E-state index in [1.54, 1.807) is 12.1 Å². The van der Waals surface area contributed by atoms with Gasteiger partial charge in [-0.05, 0) is 53.9 Å². The maximum Gasteiger partial charge on any atom is 0.405 e. The molecule has 3 aromatic carbocycles. The van der Waals surface area contributed by atoms with E-state index < -0.39 is 46.5 Å². The molecule has 0 saturated carbocycles. The fourth-order valence-electron chi connectivity index (χ4n) is 5.26. The lowest BCUT2D eigenvalue weighted by Gasteiger charge is -2.22. The fraction of sp³-hybridized carbons (Fsp3) is 0.200. The van der Waals surface area contributed by atoms with Crippen molar-refractivity contribution in [2.24, 2.45) is 7.05 Å². The molecule has 5 aromatic rings. The molecular formula is C30H27ClF2N6O7S. The van der Waals surface area contributed by atoms with Crippen LogP contribution in [-0.2, 0) is 31.2 Å². The van der Waals surface area contributed by atoms with E-state index in [0.29, 0.717) is 18.2 Å². The molecule has 13 nitrogen and oxygen atoms in total. The fourth-order valence-corrected chi connectivity index (χ4v) is 6.02. The summed E-state index contributed by atoms with van der Waals surface area (Å²) in [5.41, 5.74) is 0.291. The minimum Gasteiger partial charge on any atom is -0.497 e. The van der Waals surface area contributed by atoms with Gasteiger partial charge in [-0.15, -0.1) is 0 Å². The van der Waals surface area contributed by atoms with E-state index >= 15 is 0 Å². The van der Waals surface area contributed by atoms with E-state index in [1.807, 2.05) is 12.1 Å². The topological polar surface area (TPSA) is 172 Å². The molecule has 2 heterocycles. The quantitative estimate of drug-likeness (QED) is 0.146. The largest absolute Gasteiger partial charge is 0.497 e. The molecule has 4 N–H and O–H groups in total. The highest BCUT2D eigenvalue weighted by Gasteiger charge is 2.28. The lowest BCUT2D eigenvalue weighted by Crippen LogP contribution is -2.34. The Bertz CT molecular complexity index is 2040. The minimum atomic E-state index is -2.56. The molecule has 47 heavy (non-hydrogen) atoms. The maximum absolute atomic E-state index is 14.0. The number of carboxylic acid groups (broad SMARTS) is 1. The standard InChI is InChI=1S/C30H27ClF2N6O7S/c1-37-27-23(8-7-21(31)26(27)29(36-37)38(47(44)45)10-9-16-3-5-20(46-2)6-4-16)39-25(41)15-24(40)35-28(39)22(34-30(42)43)13-17-11-18(32)14-19(33)12-17/h3-8,11-12,14-15,22,34,40H,9-10,13H2,1-2H3,(H,42,43)(H,44,45). The number of aryl methyl sites for hydroxylation is 1. The second-order valence-corrected chi connectivity index (χ2v) is 11.6. The van der Waals surface area contributed by atoms with Crippen LogP contribution >= 0.6 is 11.6 Å². The highest BCUT2D eigenvalue weighted by atomic mass is 35.5. The lowest BCUT2D eigenvalue weighted by atomic mass is 10.0. The number of methoxy groups -OCH3 is 1. The number of benzene rings is 3. The minimum absolute atomic E-state index is 0.0143. The van der Waals surface area contributed by atoms with Crippen molar-refractivity contribution >= 4 is 45.7 Å². The van der Waals surface area contributed by atoms with Crippen LogP contribution in [0.3, 0.4) is 0 Å². The molecule has 0 bridgehead atoms. The summed E-state index contributed by atoms with van der Waals surface area (Å²) in [6.07, 6.45) is -1.58. The van der Waals surface area contributed by atoms with Gasteiger partial charge in [-0.3, -0.25) is 22.9 Å². The van der Waals surface area contributed by atoms with E-state index in [-0.39, 0.29) is 51.8 Å². The van der Waals surface area contributed by atoms with Gasteiger partial charge < -0.3 is 20.3 Å². The Morgan fingerprint density at radius 2 is 1.79 bits per heavy atom. The van der Waals surface area contributed by atoms with Gasteiger partial charge in [-0.1, -0.05) is 23.7 Å². The Morgan fingerprint density at radius 1 is 1.11 bits per heavy atom. The molecule has 0 aliphatic rings. The molecule has 2 unspecified atom stereocenters. The number of halogens is 3. The normalized spacial score (nSPS) is 12.6. The number of aromatic hydroxyl groups is 1. The molecule has 0 aliphatic heterocycles. The van der Waals surface area contributed by atoms with Crippen molar-refractivity contribution in [2.45, 2.75) is 18.9 Å². The van der Waals surface area contributed by atoms with Gasteiger partial charge in [-0.25, -0.2) is 17.8 Å². The molecular weight excluding hydrogens is 662 g/mol. The number of nitrogens with zero attached hydrogens (tertiary/aromatic N) is 5. The van der Waals surface area contributed by atoms with Crippen LogP contribution in [0, 0.1) is 11.6 Å². The third kappa shape index (κ3) is 7.19. The van der Waals surface area contributed by atoms with Crippen molar-refractivity contribution in [3.8, 4) is 17.3 Å². The van der Waals surface area contributed by atoms with Gasteiger partial charge in [0.05, 0.1) is 40.8 Å². The van der Waals surface area contributed by atoms with Crippen LogP contribution in [0.25, 0.3) is 16.6 Å². The van der Waals surface area contributed by atoms with Gasteiger partial charge >= 0.3 is 6.09 Å². The summed E-state index contributed by atoms with van der Waals surface area (Å²) in [6.45, 7) is 0.0306. The van der Waals surface area contributed by atoms with Gasteiger partial charge in [0.1, 0.15) is 23.2 Å². The van der Waals surface area contributed by atoms with Crippen LogP contribution < -0.4 is 19.9 Å². The van der Waals surface area contributed by atoms with Gasteiger partial charge in [0.25, 0.3) is 16.8 Å². The summed E-state index contributed by atoms with van der Waals surface area (Å²) < 4.78 is 59.6. The van der Waals surface area contributed by atoms with Crippen molar-refractivity contribution in [3.63, 3.8) is 0 Å². The highest BCUT2D eigenvalue weighted by molar-refractivity contribution is 7.80. The average molecular weight is 689 g/mol. The Labute approximate surface area is 273 Å². The molecule has 246 valence electrons. The summed E-state index contributed by atoms with van der Waals surface area (Å²) >= 11 is 4.06. The Morgan fingerprint density at radius 3 is 2.40 bits per heavy atom. The van der Waals surface area contributed by atoms with Crippen molar-refractivity contribution in [3.05, 3.63) is 105 Å². The van der Waals surface area contributed by atoms with Crippen LogP contribution in [0.15, 0.2) is 65.5 Å². The molecule has 2 atom stereocenters. The number of carbonyl (C=O) groups is 1. The number of hydrogen-bond donors (Lipinski definition) is 4. The second-order valence-electron chi connectivity index (χ2n) is 10.3. The Balaban J connectivity index is 1.65. The van der Waals surface area contributed by atoms with Crippen molar-refractivity contribution < 1.29 is 37.3 Å². The lowest BCUT2D eigenvalue weighted by molar-refractivity contribution is 0.189. The smallest absolute Gasteiger partial charge is 0.405 e. The van der Waals surface area contributed by atoms with Crippen molar-refractivity contribution in [1.29, 1.82) is 0 Å². The summed E-state index contributed by atoms with van der Waals surface area (Å²) in [5.74, 6) is -2.21. The zero-order valence-corrected chi connectivity index (χ0v) is 26.3. The number of anilines is 1. The second kappa shape index (κ2) is 13.7. The molecule has 5 rings (SSSR count). The highest BCUT2D eigenvalue weighted by Crippen LogP contribution is 2.37. The SMILES string of the molecule is COc1ccc(CCN(c2nn(C)c3c(-n4c(C(Cc5cc(F)cc(F)c5)NC(=O)O)nc(O)cc4=O)ccc(Cl)c23)S(=O)O)cc1. The Kier molecular flexibility index (Phi) is 9.74. The van der Waals surface area contributed by atoms with E-state index in [4.69, 9.17) is 16.3 Å². The molecule has 0 spiro atoms. The molecule has 17 heteroatoms. The first-order valence-electron chi connectivity index (χ1n) is 13.8. The van der Waals surface area contributed by atoms with Crippen molar-refractivity contribution in [2.75, 3.05) is 18.0 Å². The van der Waals surface area contributed by atoms with Crippen LogP contribution in [0.2, 0.25) is 5.02 Å². The molecule has 0 radical (unpaired) electrons. The zero-order chi connectivity index (χ0) is 34.0. The molecule has 1 amide bonds. The Hall–Kier alpha value is -5.06. The number of rotatable bonds is 11. The van der Waals surface area contributed by atoms with Gasteiger partial charge in [0.15, 0.2) is 5.82 Å². The first-order valence-corrected chi connectivity index (χ1v) is 15.2. The number of aromatic nitrogens is 4. The monoisotopic (exact) mass is 688 g/mol. The van der Waals surface area contributed by atoms with Crippen LogP contribution in [0.1, 0.15) is 23.0 Å². The summed E-state index contributed by atoms with van der Waals surface area (Å²) in [4.78, 5) is 29.4. The van der Waals surface area contributed by atoms with Crippen LogP contribution in [-0.4, -0.2) is 58.1 Å². The third-order valence-electron chi connectivity index (χ3n) is 7.23. The van der Waals surface area contributed by atoms with Crippen molar-refractivity contribution in [1.82, 2.24) is 24.6 Å².